The smallest absolute Gasteiger partial charge is 0.198 e. The van der Waals surface area contributed by atoms with E-state index in [1.165, 1.54) is 60.7 Å². The SMILES string of the molecule is Fc1cc(-c2cc([C+](c3ccccc3)c3ccccc3)c(-c3cc(F)c(F)c(F)c3F)c(-c3cc(F)c(F)c(F)c3F)c2-c2cc(F)c(F)c(F)c2F)c(F)c(F)c1F. The molecule has 59 heavy (non-hydrogen) atoms. The summed E-state index contributed by atoms with van der Waals surface area (Å²) in [6.45, 7) is 0. The fraction of sp³-hybridized carbons (Fsp3) is 0. The highest BCUT2D eigenvalue weighted by molar-refractivity contribution is 6.04. The minimum Gasteiger partial charge on any atom is -0.204 e. The molecule has 7 aromatic rings. The highest BCUT2D eigenvalue weighted by Crippen LogP contribution is 2.54. The van der Waals surface area contributed by atoms with Gasteiger partial charge in [0.1, 0.15) is 0 Å². The van der Waals surface area contributed by atoms with Gasteiger partial charge < -0.3 is 0 Å². The molecule has 0 heterocycles. The van der Waals surface area contributed by atoms with Crippen molar-refractivity contribution in [2.45, 2.75) is 0 Å². The molecule has 7 aromatic carbocycles. The second-order valence-electron chi connectivity index (χ2n) is 12.6. The zero-order valence-corrected chi connectivity index (χ0v) is 28.7. The Morgan fingerprint density at radius 3 is 0.932 bits per heavy atom. The lowest BCUT2D eigenvalue weighted by Gasteiger charge is -2.26. The normalized spacial score (nSPS) is 11.4. The molecule has 7 rings (SSSR count). The molecule has 0 atom stereocenters. The van der Waals surface area contributed by atoms with Crippen LogP contribution in [0.5, 0.6) is 0 Å². The Kier molecular flexibility index (Phi) is 10.5. The lowest BCUT2D eigenvalue weighted by atomic mass is 9.74. The van der Waals surface area contributed by atoms with Crippen LogP contribution in [0.25, 0.3) is 44.5 Å². The molecule has 0 bridgehead atoms. The summed E-state index contributed by atoms with van der Waals surface area (Å²) in [5, 5.41) is 0. The number of hydrogen-bond donors (Lipinski definition) is 0. The molecular formula is C43H15F16+. The molecule has 0 radical (unpaired) electrons. The van der Waals surface area contributed by atoms with E-state index in [9.17, 15) is 17.6 Å². The van der Waals surface area contributed by atoms with Gasteiger partial charge in [0.25, 0.3) is 0 Å². The molecule has 0 saturated carbocycles. The average molecular weight is 836 g/mol. The number of hydrogen-bond acceptors (Lipinski definition) is 0. The molecule has 298 valence electrons. The van der Waals surface area contributed by atoms with Crippen LogP contribution in [0.4, 0.5) is 70.2 Å². The third-order valence-electron chi connectivity index (χ3n) is 9.23. The summed E-state index contributed by atoms with van der Waals surface area (Å²) in [7, 11) is 0. The van der Waals surface area contributed by atoms with Crippen LogP contribution in [0.2, 0.25) is 0 Å². The van der Waals surface area contributed by atoms with E-state index >= 15 is 52.7 Å². The van der Waals surface area contributed by atoms with Gasteiger partial charge in [-0.15, -0.1) is 0 Å². The van der Waals surface area contributed by atoms with E-state index in [1.807, 2.05) is 0 Å². The van der Waals surface area contributed by atoms with Crippen LogP contribution < -0.4 is 0 Å². The molecule has 0 N–H and O–H groups in total. The van der Waals surface area contributed by atoms with Crippen molar-refractivity contribution in [1.29, 1.82) is 0 Å². The van der Waals surface area contributed by atoms with Gasteiger partial charge in [0, 0.05) is 44.5 Å². The minimum absolute atomic E-state index is 0.0213. The van der Waals surface area contributed by atoms with Crippen molar-refractivity contribution in [2.75, 3.05) is 0 Å². The van der Waals surface area contributed by atoms with Crippen LogP contribution in [0, 0.1) is 99.0 Å². The zero-order valence-electron chi connectivity index (χ0n) is 28.7. The maximum Gasteiger partial charge on any atom is 0.198 e. The number of benzene rings is 7. The van der Waals surface area contributed by atoms with Crippen molar-refractivity contribution < 1.29 is 70.2 Å². The molecule has 0 unspecified atom stereocenters. The second-order valence-corrected chi connectivity index (χ2v) is 12.6. The monoisotopic (exact) mass is 835 g/mol. The first kappa shape index (κ1) is 40.5. The first-order valence-corrected chi connectivity index (χ1v) is 16.5. The van der Waals surface area contributed by atoms with E-state index in [2.05, 4.69) is 0 Å². The first-order valence-electron chi connectivity index (χ1n) is 16.5. The van der Waals surface area contributed by atoms with Crippen molar-refractivity contribution in [2.24, 2.45) is 0 Å². The van der Waals surface area contributed by atoms with Gasteiger partial charge in [0.15, 0.2) is 93.1 Å². The van der Waals surface area contributed by atoms with Crippen molar-refractivity contribution in [3.05, 3.63) is 207 Å². The Balaban J connectivity index is 1.90. The van der Waals surface area contributed by atoms with Crippen molar-refractivity contribution in [3.63, 3.8) is 0 Å². The fourth-order valence-electron chi connectivity index (χ4n) is 6.64. The largest absolute Gasteiger partial charge is 0.204 e. The van der Waals surface area contributed by atoms with Crippen molar-refractivity contribution >= 4 is 0 Å². The maximum atomic E-state index is 16.3. The van der Waals surface area contributed by atoms with Gasteiger partial charge in [-0.05, 0) is 78.9 Å². The summed E-state index contributed by atoms with van der Waals surface area (Å²) < 4.78 is 244. The summed E-state index contributed by atoms with van der Waals surface area (Å²) >= 11 is 0. The average Bonchev–Trinajstić information content (AvgIpc) is 3.23. The predicted molar refractivity (Wildman–Crippen MR) is 181 cm³/mol. The van der Waals surface area contributed by atoms with E-state index in [4.69, 9.17) is 0 Å². The molecule has 0 aromatic heterocycles. The van der Waals surface area contributed by atoms with E-state index in [-0.39, 0.29) is 41.3 Å². The molecule has 0 aliphatic rings. The molecular weight excluding hydrogens is 820 g/mol. The lowest BCUT2D eigenvalue weighted by Crippen LogP contribution is -2.13. The second kappa shape index (κ2) is 15.2. The van der Waals surface area contributed by atoms with E-state index in [0.717, 1.165) is 0 Å². The maximum absolute atomic E-state index is 16.3. The predicted octanol–water partition coefficient (Wildman–Crippen LogP) is 13.6. The van der Waals surface area contributed by atoms with Gasteiger partial charge >= 0.3 is 0 Å². The van der Waals surface area contributed by atoms with E-state index in [1.54, 1.807) is 0 Å². The van der Waals surface area contributed by atoms with E-state index in [0.29, 0.717) is 6.07 Å². The van der Waals surface area contributed by atoms with Gasteiger partial charge in [-0.25, -0.2) is 70.2 Å². The Hall–Kier alpha value is -6.71. The fourth-order valence-corrected chi connectivity index (χ4v) is 6.64. The number of rotatable bonds is 7. The third kappa shape index (κ3) is 6.61. The molecule has 0 aliphatic carbocycles. The summed E-state index contributed by atoms with van der Waals surface area (Å²) in [4.78, 5) is 0. The quantitative estimate of drug-likeness (QED) is 0.0493. The first-order chi connectivity index (χ1) is 28.0. The van der Waals surface area contributed by atoms with Crippen LogP contribution in [0.15, 0.2) is 91.0 Å². The van der Waals surface area contributed by atoms with E-state index < -0.39 is 143 Å². The Morgan fingerprint density at radius 2 is 0.559 bits per heavy atom. The Morgan fingerprint density at radius 1 is 0.254 bits per heavy atom. The topological polar surface area (TPSA) is 0 Å². The van der Waals surface area contributed by atoms with Crippen molar-refractivity contribution in [1.82, 2.24) is 0 Å². The van der Waals surface area contributed by atoms with Gasteiger partial charge in [-0.2, -0.15) is 0 Å². The Labute approximate surface area is 321 Å². The highest BCUT2D eigenvalue weighted by atomic mass is 19.2. The summed E-state index contributed by atoms with van der Waals surface area (Å²) in [6.07, 6.45) is 0. The molecule has 0 nitrogen and oxygen atoms in total. The van der Waals surface area contributed by atoms with Gasteiger partial charge in [-0.3, -0.25) is 0 Å². The molecule has 0 spiro atoms. The minimum atomic E-state index is -2.70. The summed E-state index contributed by atoms with van der Waals surface area (Å²) in [5.41, 5.74) is -13.3. The van der Waals surface area contributed by atoms with Crippen LogP contribution in [0.1, 0.15) is 16.7 Å². The lowest BCUT2D eigenvalue weighted by molar-refractivity contribution is 0.409. The van der Waals surface area contributed by atoms with Gasteiger partial charge in [-0.1, -0.05) is 12.1 Å². The molecule has 0 aliphatic heterocycles. The summed E-state index contributed by atoms with van der Waals surface area (Å²) in [5.74, 6) is -39.7. The van der Waals surface area contributed by atoms with Crippen LogP contribution in [-0.4, -0.2) is 0 Å². The molecule has 0 fully saturated rings. The molecule has 0 saturated heterocycles. The molecule has 0 amide bonds. The standard InChI is InChI=1S/C43H15F16/c44-24-12-19(32(48)40(56)36(24)52)18-11-20(28(16-7-3-1-4-8-16)17-9-5-2-6-10-17)30(22-14-26(46)38(54)42(58)34(22)50)31(23-15-27(47)39(55)43(59)35(23)51)29(18)21-13-25(45)37(53)41(57)33(21)49/h1-15H/q+1. The van der Waals surface area contributed by atoms with Crippen LogP contribution in [-0.2, 0) is 0 Å². The highest BCUT2D eigenvalue weighted by Gasteiger charge is 2.39. The zero-order chi connectivity index (χ0) is 42.8. The van der Waals surface area contributed by atoms with Crippen molar-refractivity contribution in [3.8, 4) is 44.5 Å². The van der Waals surface area contributed by atoms with Crippen LogP contribution in [0.3, 0.4) is 0 Å². The van der Waals surface area contributed by atoms with Crippen LogP contribution >= 0.6 is 0 Å². The van der Waals surface area contributed by atoms with Gasteiger partial charge in [0.2, 0.25) is 0 Å². The Bertz CT molecular complexity index is 2800. The summed E-state index contributed by atoms with van der Waals surface area (Å²) in [6, 6.07) is 13.5. The van der Waals surface area contributed by atoms with Gasteiger partial charge in [0.05, 0.1) is 22.6 Å². The molecule has 16 heteroatoms. The third-order valence-corrected chi connectivity index (χ3v) is 9.23. The number of halogens is 16.